The summed E-state index contributed by atoms with van der Waals surface area (Å²) < 4.78 is 6.12. The highest BCUT2D eigenvalue weighted by Crippen LogP contribution is 2.37. The van der Waals surface area contributed by atoms with Gasteiger partial charge in [0, 0.05) is 6.42 Å². The third-order valence-corrected chi connectivity index (χ3v) is 4.16. The zero-order valence-electron chi connectivity index (χ0n) is 13.0. The van der Waals surface area contributed by atoms with Gasteiger partial charge in [-0.1, -0.05) is 20.8 Å². The van der Waals surface area contributed by atoms with Crippen LogP contribution in [0.25, 0.3) is 0 Å². The Morgan fingerprint density at radius 1 is 1.30 bits per heavy atom. The Kier molecular flexibility index (Phi) is 4.48. The molecule has 20 heavy (non-hydrogen) atoms. The summed E-state index contributed by atoms with van der Waals surface area (Å²) in [5.41, 5.74) is 3.96. The van der Waals surface area contributed by atoms with Crippen LogP contribution in [0.15, 0.2) is 0 Å². The number of ether oxygens (including phenoxy) is 1. The van der Waals surface area contributed by atoms with Crippen LogP contribution in [0.3, 0.4) is 0 Å². The fourth-order valence-electron chi connectivity index (χ4n) is 2.60. The zero-order valence-corrected chi connectivity index (χ0v) is 13.0. The van der Waals surface area contributed by atoms with E-state index in [0.29, 0.717) is 17.1 Å². The molecule has 112 valence electrons. The largest absolute Gasteiger partial charge is 0.474 e. The second kappa shape index (κ2) is 5.95. The number of hydrogen-bond acceptors (Lipinski definition) is 5. The molecule has 5 nitrogen and oxygen atoms in total. The van der Waals surface area contributed by atoms with Crippen molar-refractivity contribution in [3.63, 3.8) is 0 Å². The van der Waals surface area contributed by atoms with E-state index < -0.39 is 0 Å². The molecule has 1 fully saturated rings. The molecule has 1 aromatic heterocycles. The monoisotopic (exact) mass is 278 g/mol. The van der Waals surface area contributed by atoms with Crippen molar-refractivity contribution in [1.29, 1.82) is 0 Å². The summed E-state index contributed by atoms with van der Waals surface area (Å²) in [7, 11) is 0. The molecular weight excluding hydrogens is 252 g/mol. The Hall–Kier alpha value is -1.36. The van der Waals surface area contributed by atoms with Gasteiger partial charge in [-0.15, -0.1) is 0 Å². The van der Waals surface area contributed by atoms with Gasteiger partial charge in [0.05, 0.1) is 5.56 Å². The third-order valence-electron chi connectivity index (χ3n) is 4.16. The van der Waals surface area contributed by atoms with E-state index in [1.54, 1.807) is 0 Å². The average Bonchev–Trinajstić information content (AvgIpc) is 2.43. The molecule has 0 bridgehead atoms. The summed E-state index contributed by atoms with van der Waals surface area (Å²) in [4.78, 5) is 8.86. The maximum absolute atomic E-state index is 6.12. The minimum absolute atomic E-state index is 0.256. The molecular formula is C15H26N4O. The standard InChI is InChI=1S/C15H26N4O/c1-5-12-17-13(19-16)10(2)14(18-12)20-11-6-8-15(3,4)9-7-11/h11H,5-9,16H2,1-4H3,(H,17,18,19). The van der Waals surface area contributed by atoms with E-state index in [2.05, 4.69) is 29.2 Å². The topological polar surface area (TPSA) is 73.1 Å². The van der Waals surface area contributed by atoms with Crippen LogP contribution in [-0.4, -0.2) is 16.1 Å². The molecule has 0 aromatic carbocycles. The van der Waals surface area contributed by atoms with Crippen molar-refractivity contribution >= 4 is 5.82 Å². The van der Waals surface area contributed by atoms with Gasteiger partial charge < -0.3 is 10.2 Å². The van der Waals surface area contributed by atoms with Crippen LogP contribution in [0.2, 0.25) is 0 Å². The predicted octanol–water partition coefficient (Wildman–Crippen LogP) is 2.98. The lowest BCUT2D eigenvalue weighted by Gasteiger charge is -2.34. The average molecular weight is 278 g/mol. The highest BCUT2D eigenvalue weighted by atomic mass is 16.5. The normalized spacial score (nSPS) is 18.9. The predicted molar refractivity (Wildman–Crippen MR) is 80.6 cm³/mol. The summed E-state index contributed by atoms with van der Waals surface area (Å²) in [5, 5.41) is 0. The first kappa shape index (κ1) is 15.0. The molecule has 1 heterocycles. The zero-order chi connectivity index (χ0) is 14.8. The fraction of sp³-hybridized carbons (Fsp3) is 0.733. The van der Waals surface area contributed by atoms with Crippen molar-refractivity contribution in [2.75, 3.05) is 5.43 Å². The van der Waals surface area contributed by atoms with Gasteiger partial charge in [-0.2, -0.15) is 4.98 Å². The molecule has 0 spiro atoms. The minimum atomic E-state index is 0.256. The quantitative estimate of drug-likeness (QED) is 0.654. The van der Waals surface area contributed by atoms with Gasteiger partial charge in [0.25, 0.3) is 0 Å². The Bertz CT molecular complexity index is 463. The summed E-state index contributed by atoms with van der Waals surface area (Å²) >= 11 is 0. The van der Waals surface area contributed by atoms with E-state index in [4.69, 9.17) is 10.6 Å². The number of hydrazine groups is 1. The van der Waals surface area contributed by atoms with E-state index in [1.807, 2.05) is 13.8 Å². The molecule has 3 N–H and O–H groups in total. The van der Waals surface area contributed by atoms with Crippen molar-refractivity contribution in [2.24, 2.45) is 11.3 Å². The maximum atomic E-state index is 6.12. The Morgan fingerprint density at radius 3 is 2.50 bits per heavy atom. The molecule has 1 aliphatic carbocycles. The van der Waals surface area contributed by atoms with Crippen LogP contribution >= 0.6 is 0 Å². The van der Waals surface area contributed by atoms with Gasteiger partial charge in [-0.05, 0) is 38.0 Å². The van der Waals surface area contributed by atoms with Gasteiger partial charge in [0.2, 0.25) is 5.88 Å². The maximum Gasteiger partial charge on any atom is 0.222 e. The number of aromatic nitrogens is 2. The molecule has 1 aromatic rings. The molecule has 0 amide bonds. The summed E-state index contributed by atoms with van der Waals surface area (Å²) in [6, 6.07) is 0. The number of nitrogen functional groups attached to an aromatic ring is 1. The smallest absolute Gasteiger partial charge is 0.222 e. The number of rotatable bonds is 4. The first-order valence-electron chi connectivity index (χ1n) is 7.46. The van der Waals surface area contributed by atoms with Crippen molar-refractivity contribution < 1.29 is 4.74 Å². The molecule has 1 aliphatic rings. The fourth-order valence-corrected chi connectivity index (χ4v) is 2.60. The van der Waals surface area contributed by atoms with Crippen molar-refractivity contribution in [2.45, 2.75) is 65.9 Å². The summed E-state index contributed by atoms with van der Waals surface area (Å²) in [6.07, 6.45) is 5.59. The molecule has 5 heteroatoms. The Balaban J connectivity index is 2.13. The lowest BCUT2D eigenvalue weighted by molar-refractivity contribution is 0.0940. The number of aryl methyl sites for hydroxylation is 1. The van der Waals surface area contributed by atoms with Crippen LogP contribution in [0.4, 0.5) is 5.82 Å². The number of hydrogen-bond donors (Lipinski definition) is 2. The van der Waals surface area contributed by atoms with E-state index in [-0.39, 0.29) is 6.10 Å². The lowest BCUT2D eigenvalue weighted by Crippen LogP contribution is -2.29. The molecule has 2 rings (SSSR count). The van der Waals surface area contributed by atoms with Crippen LogP contribution in [0.1, 0.15) is 57.8 Å². The van der Waals surface area contributed by atoms with Gasteiger partial charge in [0.15, 0.2) is 0 Å². The van der Waals surface area contributed by atoms with Crippen LogP contribution in [0, 0.1) is 12.3 Å². The SMILES string of the molecule is CCc1nc(NN)c(C)c(OC2CCC(C)(C)CC2)n1. The Labute approximate surface area is 121 Å². The number of anilines is 1. The number of nitrogens with one attached hydrogen (secondary N) is 1. The van der Waals surface area contributed by atoms with Gasteiger partial charge in [-0.25, -0.2) is 10.8 Å². The van der Waals surface area contributed by atoms with E-state index >= 15 is 0 Å². The molecule has 0 radical (unpaired) electrons. The first-order valence-corrected chi connectivity index (χ1v) is 7.46. The van der Waals surface area contributed by atoms with Gasteiger partial charge in [0.1, 0.15) is 17.7 Å². The summed E-state index contributed by atoms with van der Waals surface area (Å²) in [5.74, 6) is 7.61. The van der Waals surface area contributed by atoms with E-state index in [1.165, 1.54) is 12.8 Å². The van der Waals surface area contributed by atoms with Crippen LogP contribution in [-0.2, 0) is 6.42 Å². The van der Waals surface area contributed by atoms with E-state index in [0.717, 1.165) is 30.7 Å². The van der Waals surface area contributed by atoms with Crippen molar-refractivity contribution in [3.05, 3.63) is 11.4 Å². The number of nitrogens with two attached hydrogens (primary N) is 1. The molecule has 0 atom stereocenters. The highest BCUT2D eigenvalue weighted by Gasteiger charge is 2.28. The second-order valence-electron chi connectivity index (χ2n) is 6.40. The first-order chi connectivity index (χ1) is 9.45. The number of nitrogens with zero attached hydrogens (tertiary/aromatic N) is 2. The molecule has 0 unspecified atom stereocenters. The van der Waals surface area contributed by atoms with Crippen LogP contribution in [0.5, 0.6) is 5.88 Å². The highest BCUT2D eigenvalue weighted by molar-refractivity contribution is 5.47. The Morgan fingerprint density at radius 2 is 1.95 bits per heavy atom. The van der Waals surface area contributed by atoms with Crippen molar-refractivity contribution in [3.8, 4) is 5.88 Å². The minimum Gasteiger partial charge on any atom is -0.474 e. The van der Waals surface area contributed by atoms with E-state index in [9.17, 15) is 0 Å². The van der Waals surface area contributed by atoms with Gasteiger partial charge in [-0.3, -0.25) is 0 Å². The lowest BCUT2D eigenvalue weighted by atomic mass is 9.76. The molecule has 0 saturated heterocycles. The van der Waals surface area contributed by atoms with Crippen molar-refractivity contribution in [1.82, 2.24) is 9.97 Å². The summed E-state index contributed by atoms with van der Waals surface area (Å²) in [6.45, 7) is 8.62. The molecule has 0 aliphatic heterocycles. The van der Waals surface area contributed by atoms with Gasteiger partial charge >= 0.3 is 0 Å². The second-order valence-corrected chi connectivity index (χ2v) is 6.40. The third kappa shape index (κ3) is 3.39. The van der Waals surface area contributed by atoms with Crippen LogP contribution < -0.4 is 16.0 Å². The molecule has 1 saturated carbocycles.